The average Bonchev–Trinajstić information content (AvgIpc) is 3.33. The number of fused-ring (bicyclic) bond motifs is 1. The minimum atomic E-state index is 0.725. The van der Waals surface area contributed by atoms with Crippen molar-refractivity contribution in [2.45, 2.75) is 45.6 Å². The van der Waals surface area contributed by atoms with Gasteiger partial charge >= 0.3 is 0 Å². The highest BCUT2D eigenvalue weighted by molar-refractivity contribution is 5.75. The molecule has 0 N–H and O–H groups in total. The van der Waals surface area contributed by atoms with E-state index in [1.807, 2.05) is 12.1 Å². The Morgan fingerprint density at radius 3 is 2.68 bits per heavy atom. The molecule has 4 heteroatoms. The zero-order valence-corrected chi connectivity index (χ0v) is 16.9. The van der Waals surface area contributed by atoms with E-state index in [-0.39, 0.29) is 0 Å². The van der Waals surface area contributed by atoms with Crippen LogP contribution in [0.1, 0.15) is 37.1 Å². The molecule has 28 heavy (non-hydrogen) atoms. The minimum Gasteiger partial charge on any atom is -0.494 e. The van der Waals surface area contributed by atoms with E-state index in [0.29, 0.717) is 0 Å². The van der Waals surface area contributed by atoms with Crippen LogP contribution < -0.4 is 4.74 Å². The molecule has 0 unspecified atom stereocenters. The molecule has 0 spiro atoms. The first-order valence-electron chi connectivity index (χ1n) is 10.7. The van der Waals surface area contributed by atoms with Gasteiger partial charge in [-0.05, 0) is 82.1 Å². The molecule has 1 aliphatic rings. The number of aryl methyl sites for hydroxylation is 3. The fraction of sp³-hybridized carbons (Fsp3) is 0.458. The Labute approximate surface area is 168 Å². The molecular weight excluding hydrogens is 346 g/mol. The summed E-state index contributed by atoms with van der Waals surface area (Å²) < 4.78 is 8.35. The normalized spacial score (nSPS) is 14.8. The van der Waals surface area contributed by atoms with E-state index in [1.165, 1.54) is 55.8 Å². The molecule has 1 fully saturated rings. The highest BCUT2D eigenvalue weighted by atomic mass is 16.5. The predicted molar refractivity (Wildman–Crippen MR) is 115 cm³/mol. The number of hydrogen-bond acceptors (Lipinski definition) is 3. The summed E-state index contributed by atoms with van der Waals surface area (Å²) in [6, 6.07) is 16.8. The van der Waals surface area contributed by atoms with E-state index in [4.69, 9.17) is 9.72 Å². The van der Waals surface area contributed by atoms with E-state index < -0.39 is 0 Å². The van der Waals surface area contributed by atoms with E-state index in [1.54, 1.807) is 0 Å². The van der Waals surface area contributed by atoms with Crippen molar-refractivity contribution in [2.75, 3.05) is 26.2 Å². The minimum absolute atomic E-state index is 0.725. The molecule has 4 rings (SSSR count). The van der Waals surface area contributed by atoms with Crippen molar-refractivity contribution < 1.29 is 4.74 Å². The van der Waals surface area contributed by atoms with Crippen molar-refractivity contribution in [1.29, 1.82) is 0 Å². The number of nitrogens with zero attached hydrogens (tertiary/aromatic N) is 3. The molecule has 0 amide bonds. The van der Waals surface area contributed by atoms with Crippen LogP contribution in [0.2, 0.25) is 0 Å². The lowest BCUT2D eigenvalue weighted by Gasteiger charge is -2.14. The van der Waals surface area contributed by atoms with E-state index >= 15 is 0 Å². The Kier molecular flexibility index (Phi) is 6.27. The summed E-state index contributed by atoms with van der Waals surface area (Å²) in [6.07, 6.45) is 5.93. The van der Waals surface area contributed by atoms with E-state index in [9.17, 15) is 0 Å². The number of aromatic nitrogens is 2. The molecule has 2 aromatic carbocycles. The Bertz CT molecular complexity index is 896. The van der Waals surface area contributed by atoms with Gasteiger partial charge in [-0.1, -0.05) is 24.3 Å². The fourth-order valence-corrected chi connectivity index (χ4v) is 4.15. The van der Waals surface area contributed by atoms with Gasteiger partial charge in [-0.3, -0.25) is 0 Å². The van der Waals surface area contributed by atoms with Gasteiger partial charge in [0.2, 0.25) is 0 Å². The van der Waals surface area contributed by atoms with Crippen molar-refractivity contribution in [3.63, 3.8) is 0 Å². The van der Waals surface area contributed by atoms with Gasteiger partial charge in [-0.25, -0.2) is 4.98 Å². The lowest BCUT2D eigenvalue weighted by molar-refractivity contribution is 0.301. The standard InChI is InChI=1S/C24H31N3O/c1-20-9-6-10-21(19-20)28-18-8-17-27-23-12-3-2-11-22(23)25-24(27)13-7-16-26-14-4-5-15-26/h2-3,6,9-12,19H,4-5,7-8,13-18H2,1H3. The van der Waals surface area contributed by atoms with Crippen LogP contribution in [-0.2, 0) is 13.0 Å². The average molecular weight is 378 g/mol. The van der Waals surface area contributed by atoms with Crippen molar-refractivity contribution in [1.82, 2.24) is 14.5 Å². The predicted octanol–water partition coefficient (Wildman–Crippen LogP) is 4.84. The number of rotatable bonds is 9. The molecule has 0 bridgehead atoms. The molecule has 0 atom stereocenters. The van der Waals surface area contributed by atoms with Gasteiger partial charge in [0.15, 0.2) is 0 Å². The number of para-hydroxylation sites is 2. The van der Waals surface area contributed by atoms with Crippen LogP contribution in [0.3, 0.4) is 0 Å². The lowest BCUT2D eigenvalue weighted by Crippen LogP contribution is -2.21. The van der Waals surface area contributed by atoms with Gasteiger partial charge in [0.1, 0.15) is 11.6 Å². The quantitative estimate of drug-likeness (QED) is 0.500. The zero-order chi connectivity index (χ0) is 19.2. The van der Waals surface area contributed by atoms with Crippen LogP contribution >= 0.6 is 0 Å². The topological polar surface area (TPSA) is 30.3 Å². The largest absolute Gasteiger partial charge is 0.494 e. The first-order valence-corrected chi connectivity index (χ1v) is 10.7. The fourth-order valence-electron chi connectivity index (χ4n) is 4.15. The lowest BCUT2D eigenvalue weighted by atomic mass is 10.2. The molecule has 148 valence electrons. The first-order chi connectivity index (χ1) is 13.8. The Morgan fingerprint density at radius 2 is 1.82 bits per heavy atom. The number of imidazole rings is 1. The monoisotopic (exact) mass is 377 g/mol. The maximum atomic E-state index is 5.95. The Balaban J connectivity index is 1.36. The third-order valence-corrected chi connectivity index (χ3v) is 5.59. The molecular formula is C24H31N3O. The van der Waals surface area contributed by atoms with Crippen molar-refractivity contribution in [3.8, 4) is 5.75 Å². The zero-order valence-electron chi connectivity index (χ0n) is 16.9. The number of benzene rings is 2. The summed E-state index contributed by atoms with van der Waals surface area (Å²) >= 11 is 0. The van der Waals surface area contributed by atoms with E-state index in [0.717, 1.165) is 37.3 Å². The van der Waals surface area contributed by atoms with Crippen molar-refractivity contribution >= 4 is 11.0 Å². The summed E-state index contributed by atoms with van der Waals surface area (Å²) in [4.78, 5) is 7.51. The van der Waals surface area contributed by atoms with Crippen LogP contribution in [0.15, 0.2) is 48.5 Å². The molecule has 3 aromatic rings. The van der Waals surface area contributed by atoms with Crippen LogP contribution in [0.4, 0.5) is 0 Å². The third kappa shape index (κ3) is 4.74. The van der Waals surface area contributed by atoms with E-state index in [2.05, 4.69) is 52.8 Å². The van der Waals surface area contributed by atoms with Crippen LogP contribution in [0.5, 0.6) is 5.75 Å². The van der Waals surface area contributed by atoms with Crippen molar-refractivity contribution in [3.05, 3.63) is 59.9 Å². The summed E-state index contributed by atoms with van der Waals surface area (Å²) in [5.74, 6) is 2.18. The number of ether oxygens (including phenoxy) is 1. The second-order valence-corrected chi connectivity index (χ2v) is 7.84. The Hall–Kier alpha value is -2.33. The summed E-state index contributed by atoms with van der Waals surface area (Å²) in [5.41, 5.74) is 3.59. The molecule has 1 aromatic heterocycles. The molecule has 0 radical (unpaired) electrons. The van der Waals surface area contributed by atoms with Crippen LogP contribution in [0, 0.1) is 6.92 Å². The number of likely N-dealkylation sites (tertiary alicyclic amines) is 1. The molecule has 4 nitrogen and oxygen atoms in total. The van der Waals surface area contributed by atoms with Gasteiger partial charge in [0, 0.05) is 13.0 Å². The number of hydrogen-bond donors (Lipinski definition) is 0. The summed E-state index contributed by atoms with van der Waals surface area (Å²) in [5, 5.41) is 0. The van der Waals surface area contributed by atoms with Crippen molar-refractivity contribution in [2.24, 2.45) is 0 Å². The maximum Gasteiger partial charge on any atom is 0.119 e. The smallest absolute Gasteiger partial charge is 0.119 e. The Morgan fingerprint density at radius 1 is 0.964 bits per heavy atom. The third-order valence-electron chi connectivity index (χ3n) is 5.59. The van der Waals surface area contributed by atoms with Gasteiger partial charge in [-0.15, -0.1) is 0 Å². The SMILES string of the molecule is Cc1cccc(OCCCn2c(CCCN3CCCC3)nc3ccccc32)c1. The molecule has 1 saturated heterocycles. The summed E-state index contributed by atoms with van der Waals surface area (Å²) in [7, 11) is 0. The summed E-state index contributed by atoms with van der Waals surface area (Å²) in [6.45, 7) is 7.51. The van der Waals surface area contributed by atoms with Gasteiger partial charge in [0.25, 0.3) is 0 Å². The second kappa shape index (κ2) is 9.24. The molecule has 2 heterocycles. The van der Waals surface area contributed by atoms with Gasteiger partial charge in [-0.2, -0.15) is 0 Å². The second-order valence-electron chi connectivity index (χ2n) is 7.84. The highest BCUT2D eigenvalue weighted by Gasteiger charge is 2.13. The highest BCUT2D eigenvalue weighted by Crippen LogP contribution is 2.19. The molecule has 0 aliphatic carbocycles. The van der Waals surface area contributed by atoms with Crippen LogP contribution in [0.25, 0.3) is 11.0 Å². The van der Waals surface area contributed by atoms with Gasteiger partial charge in [0.05, 0.1) is 17.6 Å². The molecule has 1 aliphatic heterocycles. The first kappa shape index (κ1) is 19.0. The van der Waals surface area contributed by atoms with Crippen LogP contribution in [-0.4, -0.2) is 40.7 Å². The van der Waals surface area contributed by atoms with Gasteiger partial charge < -0.3 is 14.2 Å². The maximum absolute atomic E-state index is 5.95. The molecule has 0 saturated carbocycles.